The van der Waals surface area contributed by atoms with Crippen molar-refractivity contribution < 1.29 is 10.2 Å². The number of phenolic OH excluding ortho intramolecular Hbond substituents is 2. The van der Waals surface area contributed by atoms with Crippen molar-refractivity contribution in [3.63, 3.8) is 0 Å². The van der Waals surface area contributed by atoms with Gasteiger partial charge in [-0.1, -0.05) is 30.3 Å². The number of hydrogen-bond donors (Lipinski definition) is 2. The van der Waals surface area contributed by atoms with E-state index in [9.17, 15) is 10.2 Å². The summed E-state index contributed by atoms with van der Waals surface area (Å²) in [6.07, 6.45) is 0. The molecule has 4 aromatic carbocycles. The fraction of sp³-hybridized carbons (Fsp3) is 0. The number of benzene rings is 4. The standard InChI is InChI=1S/C28H15NO2S2/c30-16-6-8-18-22(12-16)32-27-24(18)20-10-15(14-4-2-1-3-5-14)11-21-25-19-9-7-17(31)13-23(19)33-28(25)29(27)26(20)21/h1-13,30-31H. The van der Waals surface area contributed by atoms with Crippen LogP contribution in [0.4, 0.5) is 0 Å². The van der Waals surface area contributed by atoms with Crippen LogP contribution in [0.5, 0.6) is 11.5 Å². The first kappa shape index (κ1) is 17.7. The van der Waals surface area contributed by atoms with Gasteiger partial charge in [0.05, 0.1) is 5.52 Å². The summed E-state index contributed by atoms with van der Waals surface area (Å²) in [5.74, 6) is 0.585. The van der Waals surface area contributed by atoms with Gasteiger partial charge < -0.3 is 10.2 Å². The van der Waals surface area contributed by atoms with Gasteiger partial charge in [-0.25, -0.2) is 0 Å². The first-order valence-corrected chi connectivity index (χ1v) is 12.4. The summed E-state index contributed by atoms with van der Waals surface area (Å²) >= 11 is 3.45. The van der Waals surface area contributed by atoms with Gasteiger partial charge in [0.15, 0.2) is 0 Å². The van der Waals surface area contributed by atoms with Gasteiger partial charge in [-0.2, -0.15) is 0 Å². The van der Waals surface area contributed by atoms with E-state index in [1.54, 1.807) is 34.8 Å². The number of thiophene rings is 2. The van der Waals surface area contributed by atoms with Crippen LogP contribution >= 0.6 is 22.7 Å². The molecule has 8 aromatic rings. The molecule has 0 aliphatic carbocycles. The van der Waals surface area contributed by atoms with E-state index in [2.05, 4.69) is 40.8 Å². The monoisotopic (exact) mass is 461 g/mol. The molecule has 4 heterocycles. The molecule has 3 nitrogen and oxygen atoms in total. The van der Waals surface area contributed by atoms with Crippen molar-refractivity contribution in [2.45, 2.75) is 0 Å². The Morgan fingerprint density at radius 1 is 0.545 bits per heavy atom. The fourth-order valence-electron chi connectivity index (χ4n) is 5.33. The largest absolute Gasteiger partial charge is 0.508 e. The third-order valence-corrected chi connectivity index (χ3v) is 8.97. The van der Waals surface area contributed by atoms with Crippen LogP contribution in [0, 0.1) is 0 Å². The molecule has 0 spiro atoms. The van der Waals surface area contributed by atoms with E-state index in [4.69, 9.17) is 0 Å². The minimum absolute atomic E-state index is 0.292. The molecule has 0 aliphatic heterocycles. The highest BCUT2D eigenvalue weighted by molar-refractivity contribution is 7.27. The molecule has 8 rings (SSSR count). The van der Waals surface area contributed by atoms with E-state index >= 15 is 0 Å². The smallest absolute Gasteiger partial charge is 0.117 e. The first-order chi connectivity index (χ1) is 16.2. The number of rotatable bonds is 1. The lowest BCUT2D eigenvalue weighted by Gasteiger charge is -2.04. The Balaban J connectivity index is 1.68. The molecule has 33 heavy (non-hydrogen) atoms. The van der Waals surface area contributed by atoms with Crippen molar-refractivity contribution in [1.29, 1.82) is 0 Å². The number of nitrogens with zero attached hydrogens (tertiary/aromatic N) is 1. The van der Waals surface area contributed by atoms with Crippen LogP contribution in [0.25, 0.3) is 68.0 Å². The van der Waals surface area contributed by atoms with E-state index < -0.39 is 0 Å². The summed E-state index contributed by atoms with van der Waals surface area (Å²) in [5.41, 5.74) is 3.64. The van der Waals surface area contributed by atoms with Crippen molar-refractivity contribution in [1.82, 2.24) is 4.40 Å². The van der Waals surface area contributed by atoms with Crippen molar-refractivity contribution in [3.8, 4) is 22.6 Å². The number of aromatic nitrogens is 1. The van der Waals surface area contributed by atoms with Crippen LogP contribution in [0.2, 0.25) is 0 Å². The van der Waals surface area contributed by atoms with Crippen LogP contribution < -0.4 is 0 Å². The van der Waals surface area contributed by atoms with Crippen LogP contribution in [0.1, 0.15) is 0 Å². The third kappa shape index (κ3) is 2.18. The number of hydrogen-bond acceptors (Lipinski definition) is 4. The molecule has 156 valence electrons. The minimum Gasteiger partial charge on any atom is -0.508 e. The van der Waals surface area contributed by atoms with Crippen molar-refractivity contribution in [2.75, 3.05) is 0 Å². The highest BCUT2D eigenvalue weighted by Crippen LogP contribution is 2.50. The van der Waals surface area contributed by atoms with Crippen molar-refractivity contribution >= 4 is 79.6 Å². The zero-order valence-corrected chi connectivity index (χ0v) is 18.8. The van der Waals surface area contributed by atoms with E-state index in [0.717, 1.165) is 9.40 Å². The molecule has 4 aromatic heterocycles. The molecule has 0 aliphatic rings. The Hall–Kier alpha value is -3.80. The SMILES string of the molecule is Oc1ccc2c(c1)sc1c2c2cc(-c3ccccc3)cc3c4c5ccc(O)cc5sc4n1c23. The Bertz CT molecular complexity index is 1920. The maximum atomic E-state index is 10.1. The Kier molecular flexibility index (Phi) is 3.20. The lowest BCUT2D eigenvalue weighted by Crippen LogP contribution is -1.79. The molecule has 0 saturated heterocycles. The normalized spacial score (nSPS) is 12.5. The van der Waals surface area contributed by atoms with Crippen molar-refractivity contribution in [3.05, 3.63) is 78.9 Å². The molecule has 0 saturated carbocycles. The molecule has 0 bridgehead atoms. The molecule has 0 amide bonds. The van der Waals surface area contributed by atoms with Gasteiger partial charge in [-0.05, 0) is 59.7 Å². The summed E-state index contributed by atoms with van der Waals surface area (Å²) in [5, 5.41) is 27.5. The summed E-state index contributed by atoms with van der Waals surface area (Å²) in [6, 6.07) is 26.5. The van der Waals surface area contributed by atoms with Crippen LogP contribution in [-0.2, 0) is 0 Å². The number of fused-ring (bicyclic) bond motifs is 10. The van der Waals surface area contributed by atoms with Gasteiger partial charge in [0.25, 0.3) is 0 Å². The summed E-state index contributed by atoms with van der Waals surface area (Å²) in [6.45, 7) is 0. The predicted octanol–water partition coefficient (Wildman–Crippen LogP) is 8.34. The number of aromatic hydroxyl groups is 2. The molecule has 5 heteroatoms. The summed E-state index contributed by atoms with van der Waals surface area (Å²) in [4.78, 5) is 2.40. The average molecular weight is 462 g/mol. The second-order valence-corrected chi connectivity index (χ2v) is 10.6. The quantitative estimate of drug-likeness (QED) is 0.258. The highest BCUT2D eigenvalue weighted by Gasteiger charge is 2.24. The van der Waals surface area contributed by atoms with Gasteiger partial charge in [0.1, 0.15) is 21.2 Å². The fourth-order valence-corrected chi connectivity index (χ4v) is 7.91. The average Bonchev–Trinajstić information content (AvgIpc) is 3.53. The Morgan fingerprint density at radius 2 is 1.09 bits per heavy atom. The summed E-state index contributed by atoms with van der Waals surface area (Å²) < 4.78 is 4.57. The second-order valence-electron chi connectivity index (χ2n) is 8.55. The van der Waals surface area contributed by atoms with Crippen LogP contribution in [0.3, 0.4) is 0 Å². The van der Waals surface area contributed by atoms with E-state index in [1.807, 2.05) is 30.3 Å². The molecule has 0 unspecified atom stereocenters. The van der Waals surface area contributed by atoms with E-state index in [1.165, 1.54) is 58.6 Å². The first-order valence-electron chi connectivity index (χ1n) is 10.7. The van der Waals surface area contributed by atoms with Gasteiger partial charge in [-0.15, -0.1) is 22.7 Å². The molecule has 0 atom stereocenters. The lowest BCUT2D eigenvalue weighted by molar-refractivity contribution is 0.475. The zero-order chi connectivity index (χ0) is 21.8. The molecule has 2 N–H and O–H groups in total. The second kappa shape index (κ2) is 5.95. The number of phenols is 2. The minimum atomic E-state index is 0.292. The highest BCUT2D eigenvalue weighted by atomic mass is 32.1. The van der Waals surface area contributed by atoms with Gasteiger partial charge in [0.2, 0.25) is 0 Å². The van der Waals surface area contributed by atoms with Crippen LogP contribution in [-0.4, -0.2) is 14.6 Å². The van der Waals surface area contributed by atoms with Gasteiger partial charge >= 0.3 is 0 Å². The third-order valence-electron chi connectivity index (χ3n) is 6.70. The molecule has 0 fully saturated rings. The molecular weight excluding hydrogens is 446 g/mol. The summed E-state index contributed by atoms with van der Waals surface area (Å²) in [7, 11) is 0. The Labute approximate surface area is 195 Å². The van der Waals surface area contributed by atoms with Crippen LogP contribution in [0.15, 0.2) is 78.9 Å². The lowest BCUT2D eigenvalue weighted by atomic mass is 9.99. The predicted molar refractivity (Wildman–Crippen MR) is 141 cm³/mol. The molecule has 0 radical (unpaired) electrons. The van der Waals surface area contributed by atoms with E-state index in [-0.39, 0.29) is 0 Å². The zero-order valence-electron chi connectivity index (χ0n) is 17.2. The van der Waals surface area contributed by atoms with E-state index in [0.29, 0.717) is 11.5 Å². The maximum Gasteiger partial charge on any atom is 0.117 e. The topological polar surface area (TPSA) is 44.9 Å². The van der Waals surface area contributed by atoms with Gasteiger partial charge in [-0.3, -0.25) is 4.40 Å². The Morgan fingerprint density at radius 3 is 1.64 bits per heavy atom. The maximum absolute atomic E-state index is 10.1. The van der Waals surface area contributed by atoms with Gasteiger partial charge in [0, 0.05) is 41.7 Å². The molecular formula is C28H15NO2S2. The van der Waals surface area contributed by atoms with Crippen molar-refractivity contribution in [2.24, 2.45) is 0 Å².